The van der Waals surface area contributed by atoms with Gasteiger partial charge in [0.25, 0.3) is 5.91 Å². The normalized spacial score (nSPS) is 12.1. The SMILES string of the molecule is CC[C@H](NC(=O)c1n[nH]c2c(F)cccc2c1=O)c1ccc(F)cc1. The van der Waals surface area contributed by atoms with Gasteiger partial charge in [0.1, 0.15) is 17.2 Å². The lowest BCUT2D eigenvalue weighted by atomic mass is 10.0. The Bertz CT molecular complexity index is 984. The number of aromatic amines is 1. The summed E-state index contributed by atoms with van der Waals surface area (Å²) in [5.41, 5.74) is -0.339. The molecule has 0 radical (unpaired) electrons. The molecule has 25 heavy (non-hydrogen) atoms. The van der Waals surface area contributed by atoms with Crippen LogP contribution in [-0.2, 0) is 0 Å². The van der Waals surface area contributed by atoms with Crippen molar-refractivity contribution in [3.63, 3.8) is 0 Å². The van der Waals surface area contributed by atoms with Gasteiger partial charge in [-0.05, 0) is 36.2 Å². The van der Waals surface area contributed by atoms with Crippen LogP contribution in [0.5, 0.6) is 0 Å². The topological polar surface area (TPSA) is 74.8 Å². The second-order valence-electron chi connectivity index (χ2n) is 5.55. The minimum atomic E-state index is -0.677. The minimum absolute atomic E-state index is 0.0466. The van der Waals surface area contributed by atoms with E-state index in [1.54, 1.807) is 12.1 Å². The number of para-hydroxylation sites is 1. The van der Waals surface area contributed by atoms with E-state index in [0.717, 1.165) is 0 Å². The van der Waals surface area contributed by atoms with Crippen molar-refractivity contribution in [2.45, 2.75) is 19.4 Å². The maximum absolute atomic E-state index is 13.7. The Kier molecular flexibility index (Phi) is 4.56. The third-order valence-electron chi connectivity index (χ3n) is 3.95. The summed E-state index contributed by atoms with van der Waals surface area (Å²) in [7, 11) is 0. The van der Waals surface area contributed by atoms with Crippen molar-refractivity contribution < 1.29 is 13.6 Å². The average Bonchev–Trinajstić information content (AvgIpc) is 2.61. The lowest BCUT2D eigenvalue weighted by Crippen LogP contribution is -2.33. The van der Waals surface area contributed by atoms with Gasteiger partial charge in [-0.3, -0.25) is 14.7 Å². The molecule has 0 bridgehead atoms. The molecule has 0 saturated carbocycles. The molecule has 5 nitrogen and oxygen atoms in total. The Labute approximate surface area is 141 Å². The zero-order valence-corrected chi connectivity index (χ0v) is 13.3. The molecule has 1 heterocycles. The van der Waals surface area contributed by atoms with Crippen LogP contribution in [0.2, 0.25) is 0 Å². The first kappa shape index (κ1) is 16.8. The van der Waals surface area contributed by atoms with E-state index in [1.165, 1.54) is 30.3 Å². The van der Waals surface area contributed by atoms with Crippen molar-refractivity contribution in [3.8, 4) is 0 Å². The van der Waals surface area contributed by atoms with E-state index in [4.69, 9.17) is 0 Å². The Hall–Kier alpha value is -3.09. The van der Waals surface area contributed by atoms with Crippen LogP contribution in [0.25, 0.3) is 10.9 Å². The zero-order chi connectivity index (χ0) is 18.0. The van der Waals surface area contributed by atoms with Crippen molar-refractivity contribution in [1.82, 2.24) is 15.5 Å². The first-order valence-electron chi connectivity index (χ1n) is 7.74. The summed E-state index contributed by atoms with van der Waals surface area (Å²) < 4.78 is 26.7. The minimum Gasteiger partial charge on any atom is -0.344 e. The standard InChI is InChI=1S/C18H15F2N3O2/c1-2-14(10-6-8-11(19)9-7-10)21-18(25)16-17(24)12-4-3-5-13(20)15(12)22-23-16/h3-9,14H,2H2,1H3,(H,21,25)(H,22,24)/t14-/m0/s1. The number of hydrogen-bond donors (Lipinski definition) is 2. The molecule has 128 valence electrons. The van der Waals surface area contributed by atoms with Gasteiger partial charge in [-0.1, -0.05) is 25.1 Å². The number of amides is 1. The molecule has 0 unspecified atom stereocenters. The smallest absolute Gasteiger partial charge is 0.276 e. The fraction of sp³-hybridized carbons (Fsp3) is 0.167. The van der Waals surface area contributed by atoms with Crippen LogP contribution in [0.1, 0.15) is 35.4 Å². The van der Waals surface area contributed by atoms with E-state index >= 15 is 0 Å². The number of aromatic nitrogens is 2. The molecule has 0 aliphatic heterocycles. The fourth-order valence-electron chi connectivity index (χ4n) is 2.61. The van der Waals surface area contributed by atoms with Gasteiger partial charge in [0.15, 0.2) is 5.69 Å². The lowest BCUT2D eigenvalue weighted by molar-refractivity contribution is 0.0928. The summed E-state index contributed by atoms with van der Waals surface area (Å²) >= 11 is 0. The average molecular weight is 343 g/mol. The maximum Gasteiger partial charge on any atom is 0.276 e. The van der Waals surface area contributed by atoms with Crippen molar-refractivity contribution in [2.24, 2.45) is 0 Å². The summed E-state index contributed by atoms with van der Waals surface area (Å²) in [6, 6.07) is 9.34. The number of hydrogen-bond acceptors (Lipinski definition) is 3. The highest BCUT2D eigenvalue weighted by molar-refractivity contribution is 5.95. The Morgan fingerprint density at radius 2 is 1.92 bits per heavy atom. The highest BCUT2D eigenvalue weighted by Gasteiger charge is 2.20. The monoisotopic (exact) mass is 343 g/mol. The number of nitrogens with one attached hydrogen (secondary N) is 2. The Morgan fingerprint density at radius 3 is 2.60 bits per heavy atom. The maximum atomic E-state index is 13.7. The summed E-state index contributed by atoms with van der Waals surface area (Å²) in [5.74, 6) is -1.67. The molecule has 0 spiro atoms. The van der Waals surface area contributed by atoms with Crippen LogP contribution < -0.4 is 10.7 Å². The molecule has 0 fully saturated rings. The molecule has 7 heteroatoms. The number of H-pyrrole nitrogens is 1. The fourth-order valence-corrected chi connectivity index (χ4v) is 2.61. The van der Waals surface area contributed by atoms with Crippen LogP contribution in [0.4, 0.5) is 8.78 Å². The van der Waals surface area contributed by atoms with Gasteiger partial charge in [0.05, 0.1) is 11.4 Å². The quantitative estimate of drug-likeness (QED) is 0.764. The van der Waals surface area contributed by atoms with Gasteiger partial charge >= 0.3 is 0 Å². The van der Waals surface area contributed by atoms with Crippen molar-refractivity contribution in [3.05, 3.63) is 75.6 Å². The number of nitrogens with zero attached hydrogens (tertiary/aromatic N) is 1. The van der Waals surface area contributed by atoms with E-state index in [9.17, 15) is 18.4 Å². The molecule has 2 N–H and O–H groups in total. The van der Waals surface area contributed by atoms with Crippen LogP contribution in [0, 0.1) is 11.6 Å². The summed E-state index contributed by atoms with van der Waals surface area (Å²) in [6.45, 7) is 1.85. The van der Waals surface area contributed by atoms with Gasteiger partial charge in [-0.2, -0.15) is 5.10 Å². The second-order valence-corrected chi connectivity index (χ2v) is 5.55. The van der Waals surface area contributed by atoms with E-state index in [0.29, 0.717) is 12.0 Å². The summed E-state index contributed by atoms with van der Waals surface area (Å²) in [5, 5.41) is 8.88. The van der Waals surface area contributed by atoms with Crippen LogP contribution in [0.3, 0.4) is 0 Å². The molecular weight excluding hydrogens is 328 g/mol. The van der Waals surface area contributed by atoms with E-state index in [-0.39, 0.29) is 22.4 Å². The second kappa shape index (κ2) is 6.80. The molecule has 1 aromatic heterocycles. The highest BCUT2D eigenvalue weighted by Crippen LogP contribution is 2.17. The van der Waals surface area contributed by atoms with Gasteiger partial charge < -0.3 is 5.32 Å². The van der Waals surface area contributed by atoms with Crippen LogP contribution in [-0.4, -0.2) is 16.1 Å². The van der Waals surface area contributed by atoms with E-state index < -0.39 is 23.2 Å². The van der Waals surface area contributed by atoms with Gasteiger partial charge in [-0.15, -0.1) is 0 Å². The number of carbonyl (C=O) groups is 1. The number of benzene rings is 2. The van der Waals surface area contributed by atoms with Gasteiger partial charge in [-0.25, -0.2) is 8.78 Å². The zero-order valence-electron chi connectivity index (χ0n) is 13.3. The Morgan fingerprint density at radius 1 is 1.20 bits per heavy atom. The number of fused-ring (bicyclic) bond motifs is 1. The number of carbonyl (C=O) groups excluding carboxylic acids is 1. The van der Waals surface area contributed by atoms with Crippen LogP contribution in [0.15, 0.2) is 47.3 Å². The molecule has 0 saturated heterocycles. The number of rotatable bonds is 4. The largest absolute Gasteiger partial charge is 0.344 e. The molecule has 3 aromatic rings. The van der Waals surface area contributed by atoms with Crippen LogP contribution >= 0.6 is 0 Å². The summed E-state index contributed by atoms with van der Waals surface area (Å²) in [4.78, 5) is 24.9. The molecular formula is C18H15F2N3O2. The number of halogens is 2. The first-order chi connectivity index (χ1) is 12.0. The van der Waals surface area contributed by atoms with Gasteiger partial charge in [0, 0.05) is 0 Å². The molecule has 0 aliphatic carbocycles. The predicted molar refractivity (Wildman–Crippen MR) is 89.2 cm³/mol. The molecule has 0 aliphatic rings. The third-order valence-corrected chi connectivity index (χ3v) is 3.95. The third kappa shape index (κ3) is 3.26. The first-order valence-corrected chi connectivity index (χ1v) is 7.74. The molecule has 1 atom stereocenters. The van der Waals surface area contributed by atoms with E-state index in [1.807, 2.05) is 6.92 Å². The van der Waals surface area contributed by atoms with Crippen molar-refractivity contribution >= 4 is 16.8 Å². The molecule has 1 amide bonds. The summed E-state index contributed by atoms with van der Waals surface area (Å²) in [6.07, 6.45) is 0.539. The lowest BCUT2D eigenvalue weighted by Gasteiger charge is -2.17. The Balaban J connectivity index is 1.92. The molecule has 3 rings (SSSR count). The molecule has 2 aromatic carbocycles. The van der Waals surface area contributed by atoms with Crippen molar-refractivity contribution in [1.29, 1.82) is 0 Å². The highest BCUT2D eigenvalue weighted by atomic mass is 19.1. The van der Waals surface area contributed by atoms with Gasteiger partial charge in [0.2, 0.25) is 5.43 Å². The predicted octanol–water partition coefficient (Wildman–Crippen LogP) is 3.08. The van der Waals surface area contributed by atoms with Crippen molar-refractivity contribution in [2.75, 3.05) is 0 Å². The van der Waals surface area contributed by atoms with E-state index in [2.05, 4.69) is 15.5 Å².